The van der Waals surface area contributed by atoms with E-state index in [1.165, 1.54) is 44.9 Å². The highest BCUT2D eigenvalue weighted by Gasteiger charge is 2.17. The fourth-order valence-electron chi connectivity index (χ4n) is 3.35. The Labute approximate surface area is 147 Å². The second-order valence-electron chi connectivity index (χ2n) is 6.34. The van der Waals surface area contributed by atoms with Gasteiger partial charge in [0.05, 0.1) is 0 Å². The lowest BCUT2D eigenvalue weighted by Crippen LogP contribution is -2.41. The highest BCUT2D eigenvalue weighted by Crippen LogP contribution is 2.23. The van der Waals surface area contributed by atoms with E-state index >= 15 is 0 Å². The van der Waals surface area contributed by atoms with E-state index in [0.29, 0.717) is 0 Å². The number of rotatable bonds is 5. The minimum atomic E-state index is 0. The third-order valence-corrected chi connectivity index (χ3v) is 4.81. The van der Waals surface area contributed by atoms with Crippen molar-refractivity contribution in [3.05, 3.63) is 0 Å². The van der Waals surface area contributed by atoms with Crippen LogP contribution in [0.3, 0.4) is 0 Å². The molecule has 2 aliphatic rings. The van der Waals surface area contributed by atoms with Crippen molar-refractivity contribution < 1.29 is 4.74 Å². The number of guanidine groups is 1. The van der Waals surface area contributed by atoms with Crippen LogP contribution >= 0.6 is 24.0 Å². The predicted octanol–water partition coefficient (Wildman–Crippen LogP) is 3.12. The molecule has 21 heavy (non-hydrogen) atoms. The Kier molecular flexibility index (Phi) is 9.64. The topological polar surface area (TPSA) is 36.9 Å². The van der Waals surface area contributed by atoms with Gasteiger partial charge in [0, 0.05) is 40.4 Å². The lowest BCUT2D eigenvalue weighted by Gasteiger charge is -2.27. The van der Waals surface area contributed by atoms with Gasteiger partial charge in [-0.3, -0.25) is 4.99 Å². The summed E-state index contributed by atoms with van der Waals surface area (Å²) >= 11 is 0. The molecule has 0 spiro atoms. The molecule has 0 unspecified atom stereocenters. The summed E-state index contributed by atoms with van der Waals surface area (Å²) in [5.74, 6) is 2.75. The van der Waals surface area contributed by atoms with Crippen molar-refractivity contribution in [2.75, 3.05) is 40.4 Å². The normalized spacial score (nSPS) is 21.1. The highest BCUT2D eigenvalue weighted by molar-refractivity contribution is 14.0. The summed E-state index contributed by atoms with van der Waals surface area (Å²) in [7, 11) is 4.05. The molecule has 0 aromatic carbocycles. The van der Waals surface area contributed by atoms with Gasteiger partial charge in [-0.15, -0.1) is 24.0 Å². The van der Waals surface area contributed by atoms with E-state index in [0.717, 1.165) is 44.1 Å². The third kappa shape index (κ3) is 6.72. The van der Waals surface area contributed by atoms with Crippen molar-refractivity contribution >= 4 is 29.9 Å². The molecule has 2 fully saturated rings. The van der Waals surface area contributed by atoms with Crippen LogP contribution in [0.15, 0.2) is 4.99 Å². The Hall–Kier alpha value is -0.0400. The summed E-state index contributed by atoms with van der Waals surface area (Å²) < 4.78 is 5.42. The van der Waals surface area contributed by atoms with Crippen LogP contribution in [0.5, 0.6) is 0 Å². The fraction of sp³-hybridized carbons (Fsp3) is 0.938. The standard InChI is InChI=1S/C16H31N3O.HI/c1-17-16(18-13-15-5-3-4-6-15)19(2)10-7-14-8-11-20-12-9-14;/h14-15H,3-13H2,1-2H3,(H,17,18);1H. The number of nitrogens with zero attached hydrogens (tertiary/aromatic N) is 2. The summed E-state index contributed by atoms with van der Waals surface area (Å²) in [6.07, 6.45) is 9.29. The lowest BCUT2D eigenvalue weighted by atomic mass is 9.96. The average molecular weight is 409 g/mol. The highest BCUT2D eigenvalue weighted by atomic mass is 127. The van der Waals surface area contributed by atoms with Crippen molar-refractivity contribution in [3.8, 4) is 0 Å². The van der Waals surface area contributed by atoms with Gasteiger partial charge >= 0.3 is 0 Å². The Bertz CT molecular complexity index is 300. The van der Waals surface area contributed by atoms with Gasteiger partial charge in [-0.1, -0.05) is 12.8 Å². The maximum absolute atomic E-state index is 5.42. The minimum Gasteiger partial charge on any atom is -0.381 e. The van der Waals surface area contributed by atoms with Crippen LogP contribution < -0.4 is 5.32 Å². The summed E-state index contributed by atoms with van der Waals surface area (Å²) in [4.78, 5) is 6.70. The monoisotopic (exact) mass is 409 g/mol. The number of hydrogen-bond donors (Lipinski definition) is 1. The van der Waals surface area contributed by atoms with E-state index in [1.54, 1.807) is 0 Å². The Morgan fingerprint density at radius 3 is 2.43 bits per heavy atom. The van der Waals surface area contributed by atoms with Crippen molar-refractivity contribution in [1.29, 1.82) is 0 Å². The second kappa shape index (κ2) is 10.6. The number of hydrogen-bond acceptors (Lipinski definition) is 2. The zero-order chi connectivity index (χ0) is 14.2. The van der Waals surface area contributed by atoms with Crippen LogP contribution in [-0.4, -0.2) is 51.3 Å². The molecular formula is C16H32IN3O. The van der Waals surface area contributed by atoms with Gasteiger partial charge in [-0.2, -0.15) is 0 Å². The first-order valence-corrected chi connectivity index (χ1v) is 8.29. The van der Waals surface area contributed by atoms with Crippen LogP contribution in [-0.2, 0) is 4.74 Å². The minimum absolute atomic E-state index is 0. The number of ether oxygens (including phenoxy) is 1. The number of nitrogens with one attached hydrogen (secondary N) is 1. The SMILES string of the molecule is CN=C(NCC1CCCC1)N(C)CCC1CCOCC1.I. The number of aliphatic imine (C=N–C) groups is 1. The van der Waals surface area contributed by atoms with Gasteiger partial charge in [0.1, 0.15) is 0 Å². The van der Waals surface area contributed by atoms with E-state index < -0.39 is 0 Å². The lowest BCUT2D eigenvalue weighted by molar-refractivity contribution is 0.0625. The molecule has 1 saturated heterocycles. The van der Waals surface area contributed by atoms with Gasteiger partial charge in [0.2, 0.25) is 0 Å². The van der Waals surface area contributed by atoms with Crippen LogP contribution in [0.25, 0.3) is 0 Å². The van der Waals surface area contributed by atoms with Gasteiger partial charge in [-0.25, -0.2) is 0 Å². The zero-order valence-corrected chi connectivity index (χ0v) is 16.0. The molecule has 1 aliphatic carbocycles. The number of halogens is 1. The molecule has 1 N–H and O–H groups in total. The summed E-state index contributed by atoms with van der Waals surface area (Å²) in [5, 5.41) is 3.55. The third-order valence-electron chi connectivity index (χ3n) is 4.81. The molecule has 1 saturated carbocycles. The van der Waals surface area contributed by atoms with E-state index in [2.05, 4.69) is 22.3 Å². The van der Waals surface area contributed by atoms with Crippen LogP contribution in [0, 0.1) is 11.8 Å². The van der Waals surface area contributed by atoms with Gasteiger partial charge in [-0.05, 0) is 43.9 Å². The predicted molar refractivity (Wildman–Crippen MR) is 99.5 cm³/mol. The van der Waals surface area contributed by atoms with Gasteiger partial charge in [0.25, 0.3) is 0 Å². The summed E-state index contributed by atoms with van der Waals surface area (Å²) in [6, 6.07) is 0. The van der Waals surface area contributed by atoms with Crippen molar-refractivity contribution in [3.63, 3.8) is 0 Å². The van der Waals surface area contributed by atoms with Crippen LogP contribution in [0.4, 0.5) is 0 Å². The molecule has 0 atom stereocenters. The Morgan fingerprint density at radius 2 is 1.81 bits per heavy atom. The van der Waals surface area contributed by atoms with Crippen LogP contribution in [0.1, 0.15) is 44.9 Å². The van der Waals surface area contributed by atoms with Crippen molar-refractivity contribution in [2.24, 2.45) is 16.8 Å². The molecule has 1 heterocycles. The molecule has 2 rings (SSSR count). The van der Waals surface area contributed by atoms with Gasteiger partial charge in [0.15, 0.2) is 5.96 Å². The molecule has 1 aliphatic heterocycles. The molecule has 0 amide bonds. The van der Waals surface area contributed by atoms with Crippen molar-refractivity contribution in [2.45, 2.75) is 44.9 Å². The molecule has 0 aromatic heterocycles. The van der Waals surface area contributed by atoms with E-state index in [4.69, 9.17) is 4.74 Å². The maximum atomic E-state index is 5.42. The first-order chi connectivity index (χ1) is 9.79. The van der Waals surface area contributed by atoms with Crippen LogP contribution in [0.2, 0.25) is 0 Å². The molecule has 124 valence electrons. The first-order valence-electron chi connectivity index (χ1n) is 8.29. The maximum Gasteiger partial charge on any atom is 0.193 e. The quantitative estimate of drug-likeness (QED) is 0.431. The second-order valence-corrected chi connectivity index (χ2v) is 6.34. The molecule has 0 aromatic rings. The largest absolute Gasteiger partial charge is 0.381 e. The molecule has 0 radical (unpaired) electrons. The molecule has 0 bridgehead atoms. The molecule has 4 nitrogen and oxygen atoms in total. The summed E-state index contributed by atoms with van der Waals surface area (Å²) in [5.41, 5.74) is 0. The molecular weight excluding hydrogens is 377 g/mol. The first kappa shape index (κ1) is 19.0. The molecule has 5 heteroatoms. The summed E-state index contributed by atoms with van der Waals surface area (Å²) in [6.45, 7) is 4.08. The fourth-order valence-corrected chi connectivity index (χ4v) is 3.35. The Morgan fingerprint density at radius 1 is 1.14 bits per heavy atom. The average Bonchev–Trinajstić information content (AvgIpc) is 3.00. The van der Waals surface area contributed by atoms with E-state index in [1.807, 2.05) is 7.05 Å². The Balaban J connectivity index is 0.00000220. The smallest absolute Gasteiger partial charge is 0.193 e. The zero-order valence-electron chi connectivity index (χ0n) is 13.6. The van der Waals surface area contributed by atoms with Crippen molar-refractivity contribution in [1.82, 2.24) is 10.2 Å². The van der Waals surface area contributed by atoms with Gasteiger partial charge < -0.3 is 15.0 Å². The van der Waals surface area contributed by atoms with E-state index in [9.17, 15) is 0 Å². The van der Waals surface area contributed by atoms with E-state index in [-0.39, 0.29) is 24.0 Å².